The summed E-state index contributed by atoms with van der Waals surface area (Å²) < 4.78 is 21.0. The summed E-state index contributed by atoms with van der Waals surface area (Å²) in [6.07, 6.45) is 0.961. The number of nitrogens with zero attached hydrogens (tertiary/aromatic N) is 2. The van der Waals surface area contributed by atoms with Gasteiger partial charge in [-0.3, -0.25) is 9.36 Å². The lowest BCUT2D eigenvalue weighted by Gasteiger charge is -2.25. The number of likely N-dealkylation sites (N-methyl/N-ethyl adjacent to an activating group) is 1. The summed E-state index contributed by atoms with van der Waals surface area (Å²) >= 11 is 1.93. The van der Waals surface area contributed by atoms with Crippen molar-refractivity contribution >= 4 is 45.8 Å². The van der Waals surface area contributed by atoms with Crippen LogP contribution in [0.2, 0.25) is 0 Å². The van der Waals surface area contributed by atoms with E-state index in [-0.39, 0.29) is 11.8 Å². The number of esters is 1. The van der Waals surface area contributed by atoms with E-state index in [0.29, 0.717) is 5.52 Å². The number of aromatic nitrogens is 1. The highest BCUT2D eigenvalue weighted by molar-refractivity contribution is 14.1. The Kier molecular flexibility index (Phi) is 9.78. The molecule has 0 aliphatic heterocycles. The lowest BCUT2D eigenvalue weighted by atomic mass is 10.1. The second-order valence-corrected chi connectivity index (χ2v) is 9.35. The third-order valence-corrected chi connectivity index (χ3v) is 5.82. The van der Waals surface area contributed by atoms with Gasteiger partial charge in [-0.1, -0.05) is 27.7 Å². The van der Waals surface area contributed by atoms with E-state index in [2.05, 4.69) is 8.43 Å². The van der Waals surface area contributed by atoms with Crippen LogP contribution in [0.25, 0.3) is 10.9 Å². The van der Waals surface area contributed by atoms with E-state index in [9.17, 15) is 9.59 Å². The van der Waals surface area contributed by atoms with Crippen LogP contribution >= 0.6 is 22.9 Å². The minimum atomic E-state index is -0.998. The number of fused-ring (bicyclic) bond motifs is 1. The molecule has 32 heavy (non-hydrogen) atoms. The summed E-state index contributed by atoms with van der Waals surface area (Å²) in [6, 6.07) is 5.07. The van der Waals surface area contributed by atoms with Gasteiger partial charge in [0.15, 0.2) is 0 Å². The van der Waals surface area contributed by atoms with Crippen LogP contribution in [0.5, 0.6) is 5.75 Å². The van der Waals surface area contributed by atoms with Gasteiger partial charge in [0.2, 0.25) is 0 Å². The first-order chi connectivity index (χ1) is 15.1. The predicted octanol–water partition coefficient (Wildman–Crippen LogP) is 4.23. The molecule has 2 aromatic rings. The van der Waals surface area contributed by atoms with Crippen LogP contribution in [-0.2, 0) is 20.7 Å². The van der Waals surface area contributed by atoms with E-state index in [1.807, 2.05) is 76.8 Å². The summed E-state index contributed by atoms with van der Waals surface area (Å²) in [4.78, 5) is 27.8. The van der Waals surface area contributed by atoms with E-state index in [1.165, 1.54) is 4.57 Å². The molecule has 0 saturated carbocycles. The van der Waals surface area contributed by atoms with Gasteiger partial charge < -0.3 is 19.1 Å². The lowest BCUT2D eigenvalue weighted by molar-refractivity contribution is -0.177. The highest BCUT2D eigenvalue weighted by atomic mass is 127. The van der Waals surface area contributed by atoms with Gasteiger partial charge in [0.05, 0.1) is 12.6 Å². The number of nitrogens with one attached hydrogen (secondary N) is 1. The molecule has 8 nitrogen and oxygen atoms in total. The number of ether oxygens (including phenoxy) is 3. The first-order valence-electron chi connectivity index (χ1n) is 10.7. The van der Waals surface area contributed by atoms with Gasteiger partial charge in [0, 0.05) is 46.9 Å². The van der Waals surface area contributed by atoms with Crippen LogP contribution < -0.4 is 8.27 Å². The van der Waals surface area contributed by atoms with Gasteiger partial charge in [0.1, 0.15) is 11.8 Å². The number of hydrogen-bond donors (Lipinski definition) is 1. The first kappa shape index (κ1) is 26.4. The molecule has 0 fully saturated rings. The second-order valence-electron chi connectivity index (χ2n) is 8.72. The Morgan fingerprint density at radius 2 is 1.81 bits per heavy atom. The molecule has 9 heteroatoms. The van der Waals surface area contributed by atoms with Gasteiger partial charge in [-0.15, -0.1) is 0 Å². The molecule has 0 aliphatic rings. The summed E-state index contributed by atoms with van der Waals surface area (Å²) in [7, 11) is 5.62. The van der Waals surface area contributed by atoms with E-state index in [1.54, 1.807) is 19.4 Å². The average Bonchev–Trinajstić information content (AvgIpc) is 3.09. The molecule has 0 bridgehead atoms. The zero-order valence-electron chi connectivity index (χ0n) is 19.8. The maximum atomic E-state index is 13.1. The van der Waals surface area contributed by atoms with E-state index >= 15 is 0 Å². The highest BCUT2D eigenvalue weighted by Gasteiger charge is 2.30. The van der Waals surface area contributed by atoms with Crippen molar-refractivity contribution in [2.75, 3.05) is 27.7 Å². The van der Waals surface area contributed by atoms with Crippen molar-refractivity contribution in [3.8, 4) is 5.75 Å². The van der Waals surface area contributed by atoms with Crippen LogP contribution in [0.15, 0.2) is 24.4 Å². The molecule has 1 aromatic heterocycles. The Bertz CT molecular complexity index is 926. The number of hydrogen-bond acceptors (Lipinski definition) is 7. The molecule has 1 unspecified atom stereocenters. The SMILES string of the molecule is COc1ccc2c(c1)c(CCN(C)C)cn2C(=O)OC(OC(=O)[C@@H](NI)C(C)C)C(C)C. The molecule has 0 aliphatic carbocycles. The number of rotatable bonds is 10. The molecule has 0 amide bonds. The quantitative estimate of drug-likeness (QED) is 0.202. The number of methoxy groups -OCH3 is 1. The van der Waals surface area contributed by atoms with E-state index < -0.39 is 24.4 Å². The van der Waals surface area contributed by atoms with Crippen LogP contribution in [-0.4, -0.2) is 61.6 Å². The van der Waals surface area contributed by atoms with E-state index in [4.69, 9.17) is 14.2 Å². The van der Waals surface area contributed by atoms with Gasteiger partial charge in [-0.2, -0.15) is 0 Å². The maximum Gasteiger partial charge on any atom is 0.421 e. The zero-order chi connectivity index (χ0) is 24.0. The second kappa shape index (κ2) is 11.9. The third-order valence-electron chi connectivity index (χ3n) is 5.15. The topological polar surface area (TPSA) is 82.0 Å². The first-order valence-corrected chi connectivity index (χ1v) is 11.8. The number of carbonyl (C=O) groups is 2. The van der Waals surface area contributed by atoms with Crippen molar-refractivity contribution in [1.29, 1.82) is 0 Å². The molecule has 178 valence electrons. The number of benzene rings is 1. The fraction of sp³-hybridized carbons (Fsp3) is 0.565. The Balaban J connectivity index is 2.31. The standard InChI is InChI=1S/C23H34IN3O5/c1-14(2)20(25-24)21(28)31-22(15(3)4)32-23(29)27-13-16(10-11-26(5)6)18-12-17(30-7)8-9-19(18)27/h8-9,12-15,20,22,25H,10-11H2,1-7H3/t20-,22?/m0/s1. The Labute approximate surface area is 204 Å². The molecule has 0 saturated heterocycles. The van der Waals surface area contributed by atoms with Crippen molar-refractivity contribution in [2.24, 2.45) is 11.8 Å². The van der Waals surface area contributed by atoms with Crippen molar-refractivity contribution in [1.82, 2.24) is 13.0 Å². The van der Waals surface area contributed by atoms with Crippen LogP contribution in [0.1, 0.15) is 33.3 Å². The molecule has 1 N–H and O–H groups in total. The molecule has 1 aromatic carbocycles. The van der Waals surface area contributed by atoms with Crippen LogP contribution in [0, 0.1) is 11.8 Å². The third kappa shape index (κ3) is 6.58. The molecular weight excluding hydrogens is 525 g/mol. The van der Waals surface area contributed by atoms with Crippen molar-refractivity contribution in [3.63, 3.8) is 0 Å². The summed E-state index contributed by atoms with van der Waals surface area (Å²) in [5, 5.41) is 0.926. The molecule has 0 spiro atoms. The number of halogens is 1. The van der Waals surface area contributed by atoms with Gasteiger partial charge >= 0.3 is 12.1 Å². The van der Waals surface area contributed by atoms with Crippen LogP contribution in [0.3, 0.4) is 0 Å². The van der Waals surface area contributed by atoms with Crippen molar-refractivity contribution in [3.05, 3.63) is 30.0 Å². The maximum absolute atomic E-state index is 13.1. The minimum Gasteiger partial charge on any atom is -0.497 e. The summed E-state index contributed by atoms with van der Waals surface area (Å²) in [5.41, 5.74) is 1.73. The Morgan fingerprint density at radius 1 is 1.12 bits per heavy atom. The Hall–Kier alpha value is -1.85. The Morgan fingerprint density at radius 3 is 2.34 bits per heavy atom. The molecule has 1 heterocycles. The number of carbonyl (C=O) groups excluding carboxylic acids is 2. The molecule has 0 radical (unpaired) electrons. The predicted molar refractivity (Wildman–Crippen MR) is 133 cm³/mol. The smallest absolute Gasteiger partial charge is 0.421 e. The van der Waals surface area contributed by atoms with E-state index in [0.717, 1.165) is 29.7 Å². The summed E-state index contributed by atoms with van der Waals surface area (Å²) in [6.45, 7) is 8.35. The van der Waals surface area contributed by atoms with Gasteiger partial charge in [-0.25, -0.2) is 8.32 Å². The molecular formula is C23H34IN3O5. The van der Waals surface area contributed by atoms with Gasteiger partial charge in [0.25, 0.3) is 6.29 Å². The monoisotopic (exact) mass is 559 g/mol. The largest absolute Gasteiger partial charge is 0.497 e. The normalized spacial score (nSPS) is 13.6. The average molecular weight is 559 g/mol. The zero-order valence-corrected chi connectivity index (χ0v) is 22.0. The highest BCUT2D eigenvalue weighted by Crippen LogP contribution is 2.27. The van der Waals surface area contributed by atoms with Crippen LogP contribution in [0.4, 0.5) is 4.79 Å². The molecule has 2 atom stereocenters. The fourth-order valence-corrected chi connectivity index (χ4v) is 4.15. The molecule has 2 rings (SSSR count). The minimum absolute atomic E-state index is 0.0329. The van der Waals surface area contributed by atoms with Crippen molar-refractivity contribution < 1.29 is 23.8 Å². The fourth-order valence-electron chi connectivity index (χ4n) is 3.18. The van der Waals surface area contributed by atoms with Gasteiger partial charge in [-0.05, 0) is 50.2 Å². The lowest BCUT2D eigenvalue weighted by Crippen LogP contribution is -2.41. The summed E-state index contributed by atoms with van der Waals surface area (Å²) in [5.74, 6) is 0.0926. The van der Waals surface area contributed by atoms with Crippen molar-refractivity contribution in [2.45, 2.75) is 46.4 Å².